The van der Waals surface area contributed by atoms with Gasteiger partial charge in [0.2, 0.25) is 0 Å². The van der Waals surface area contributed by atoms with Crippen molar-refractivity contribution >= 4 is 29.1 Å². The molecular weight excluding hydrogens is 263 g/mol. The Kier molecular flexibility index (Phi) is 5.06. The fourth-order valence-electron chi connectivity index (χ4n) is 1.08. The third-order valence-electron chi connectivity index (χ3n) is 1.94. The predicted octanol–water partition coefficient (Wildman–Crippen LogP) is 0.915. The molecule has 1 rings (SSSR count). The molecule has 0 saturated heterocycles. The minimum atomic E-state index is -0.918. The van der Waals surface area contributed by atoms with Crippen molar-refractivity contribution < 1.29 is 19.1 Å². The highest BCUT2D eigenvalue weighted by Crippen LogP contribution is 2.19. The summed E-state index contributed by atoms with van der Waals surface area (Å²) >= 11 is 5.52. The Morgan fingerprint density at radius 3 is 2.67 bits per heavy atom. The van der Waals surface area contributed by atoms with Crippen molar-refractivity contribution in [3.05, 3.63) is 29.0 Å². The second-order valence-electron chi connectivity index (χ2n) is 3.64. The third-order valence-corrected chi connectivity index (χ3v) is 2.23. The van der Waals surface area contributed by atoms with E-state index in [1.165, 1.54) is 19.1 Å². The highest BCUT2D eigenvalue weighted by molar-refractivity contribution is 6.39. The molecule has 3 N–H and O–H groups in total. The number of aliphatic hydroxyl groups excluding tert-OH is 1. The zero-order valence-corrected chi connectivity index (χ0v) is 10.3. The molecular formula is C11H12ClFN2O3. The Balaban J connectivity index is 2.58. The first kappa shape index (κ1) is 14.4. The van der Waals surface area contributed by atoms with Crippen LogP contribution in [0, 0.1) is 5.82 Å². The summed E-state index contributed by atoms with van der Waals surface area (Å²) in [5.74, 6) is -2.43. The molecule has 0 fully saturated rings. The quantitative estimate of drug-likeness (QED) is 0.717. The van der Waals surface area contributed by atoms with Crippen molar-refractivity contribution in [1.29, 1.82) is 0 Å². The van der Waals surface area contributed by atoms with Crippen LogP contribution in [0.1, 0.15) is 6.92 Å². The lowest BCUT2D eigenvalue weighted by Gasteiger charge is -2.08. The average molecular weight is 275 g/mol. The Morgan fingerprint density at radius 2 is 2.11 bits per heavy atom. The lowest BCUT2D eigenvalue weighted by Crippen LogP contribution is -2.38. The zero-order valence-electron chi connectivity index (χ0n) is 9.54. The fraction of sp³-hybridized carbons (Fsp3) is 0.273. The van der Waals surface area contributed by atoms with E-state index in [4.69, 9.17) is 16.7 Å². The number of halogens is 2. The van der Waals surface area contributed by atoms with Gasteiger partial charge in [0, 0.05) is 12.2 Å². The first-order valence-corrected chi connectivity index (χ1v) is 5.50. The summed E-state index contributed by atoms with van der Waals surface area (Å²) in [6, 6.07) is 3.55. The molecule has 0 unspecified atom stereocenters. The molecule has 1 aromatic carbocycles. The maximum absolute atomic E-state index is 12.9. The molecule has 0 saturated carbocycles. The molecule has 1 aromatic rings. The van der Waals surface area contributed by atoms with Crippen LogP contribution in [0.4, 0.5) is 10.1 Å². The fourth-order valence-corrected chi connectivity index (χ4v) is 1.26. The summed E-state index contributed by atoms with van der Waals surface area (Å²) in [5, 5.41) is 13.2. The predicted molar refractivity (Wildman–Crippen MR) is 64.7 cm³/mol. The van der Waals surface area contributed by atoms with Crippen molar-refractivity contribution in [3.8, 4) is 0 Å². The van der Waals surface area contributed by atoms with Crippen LogP contribution >= 0.6 is 11.6 Å². The molecule has 0 bridgehead atoms. The molecule has 0 heterocycles. The second-order valence-corrected chi connectivity index (χ2v) is 4.05. The zero-order chi connectivity index (χ0) is 13.7. The van der Waals surface area contributed by atoms with Crippen molar-refractivity contribution in [3.63, 3.8) is 0 Å². The Morgan fingerprint density at radius 1 is 1.44 bits per heavy atom. The number of amides is 2. The van der Waals surface area contributed by atoms with E-state index in [9.17, 15) is 14.0 Å². The van der Waals surface area contributed by atoms with Gasteiger partial charge in [0.25, 0.3) is 0 Å². The Hall–Kier alpha value is -1.66. The van der Waals surface area contributed by atoms with Gasteiger partial charge >= 0.3 is 11.8 Å². The molecule has 0 aliphatic heterocycles. The summed E-state index contributed by atoms with van der Waals surface area (Å²) in [4.78, 5) is 22.6. The lowest BCUT2D eigenvalue weighted by atomic mass is 10.3. The van der Waals surface area contributed by atoms with Crippen molar-refractivity contribution in [2.75, 3.05) is 11.9 Å². The minimum Gasteiger partial charge on any atom is -0.392 e. The first-order chi connectivity index (χ1) is 8.40. The molecule has 0 aliphatic carbocycles. The van der Waals surface area contributed by atoms with E-state index < -0.39 is 23.7 Å². The monoisotopic (exact) mass is 274 g/mol. The number of aliphatic hydroxyl groups is 1. The summed E-state index contributed by atoms with van der Waals surface area (Å²) in [6.07, 6.45) is -0.748. The molecule has 0 radical (unpaired) electrons. The second kappa shape index (κ2) is 6.32. The van der Waals surface area contributed by atoms with E-state index in [0.717, 1.165) is 6.07 Å². The van der Waals surface area contributed by atoms with E-state index in [2.05, 4.69) is 10.6 Å². The summed E-state index contributed by atoms with van der Waals surface area (Å²) in [7, 11) is 0. The number of nitrogens with one attached hydrogen (secondary N) is 2. The van der Waals surface area contributed by atoms with Gasteiger partial charge in [-0.25, -0.2) is 4.39 Å². The van der Waals surface area contributed by atoms with Gasteiger partial charge in [0.1, 0.15) is 5.82 Å². The normalized spacial score (nSPS) is 11.8. The van der Waals surface area contributed by atoms with Gasteiger partial charge < -0.3 is 15.7 Å². The molecule has 5 nitrogen and oxygen atoms in total. The number of benzene rings is 1. The van der Waals surface area contributed by atoms with Crippen LogP contribution in [-0.2, 0) is 9.59 Å². The van der Waals surface area contributed by atoms with Crippen LogP contribution in [0.25, 0.3) is 0 Å². The van der Waals surface area contributed by atoms with Crippen LogP contribution in [0.5, 0.6) is 0 Å². The van der Waals surface area contributed by atoms with Crippen LogP contribution in [0.15, 0.2) is 18.2 Å². The van der Waals surface area contributed by atoms with Gasteiger partial charge in [-0.05, 0) is 25.1 Å². The van der Waals surface area contributed by atoms with Gasteiger partial charge in [0.05, 0.1) is 11.1 Å². The number of anilines is 1. The highest BCUT2D eigenvalue weighted by Gasteiger charge is 2.14. The van der Waals surface area contributed by atoms with Crippen LogP contribution in [0.3, 0.4) is 0 Å². The topological polar surface area (TPSA) is 78.4 Å². The Bertz CT molecular complexity index is 466. The summed E-state index contributed by atoms with van der Waals surface area (Å²) in [6.45, 7) is 1.44. The maximum Gasteiger partial charge on any atom is 0.313 e. The number of carbonyl (C=O) groups excluding carboxylic acids is 2. The van der Waals surface area contributed by atoms with Gasteiger partial charge in [-0.1, -0.05) is 11.6 Å². The molecule has 1 atom stereocenters. The first-order valence-electron chi connectivity index (χ1n) is 5.12. The molecule has 2 amide bonds. The highest BCUT2D eigenvalue weighted by atomic mass is 35.5. The molecule has 7 heteroatoms. The largest absolute Gasteiger partial charge is 0.392 e. The van der Waals surface area contributed by atoms with E-state index in [1.54, 1.807) is 0 Å². The minimum absolute atomic E-state index is 0.0313. The van der Waals surface area contributed by atoms with Gasteiger partial charge in [-0.15, -0.1) is 0 Å². The average Bonchev–Trinajstić information content (AvgIpc) is 2.30. The number of rotatable bonds is 3. The summed E-state index contributed by atoms with van der Waals surface area (Å²) < 4.78 is 12.9. The van der Waals surface area contributed by atoms with Crippen LogP contribution in [0.2, 0.25) is 5.02 Å². The van der Waals surface area contributed by atoms with E-state index in [1.807, 2.05) is 0 Å². The molecule has 0 aromatic heterocycles. The lowest BCUT2D eigenvalue weighted by molar-refractivity contribution is -0.136. The molecule has 0 spiro atoms. The standard InChI is InChI=1S/C11H12ClFN2O3/c1-6(16)5-14-10(17)11(18)15-7-2-3-9(13)8(12)4-7/h2-4,6,16H,5H2,1H3,(H,14,17)(H,15,18)/t6-/m0/s1. The van der Waals surface area contributed by atoms with Gasteiger partial charge in [-0.2, -0.15) is 0 Å². The van der Waals surface area contributed by atoms with E-state index in [0.29, 0.717) is 0 Å². The van der Waals surface area contributed by atoms with Crippen molar-refractivity contribution in [2.45, 2.75) is 13.0 Å². The molecule has 0 aliphatic rings. The maximum atomic E-state index is 12.9. The Labute approximate surface area is 108 Å². The van der Waals surface area contributed by atoms with Crippen molar-refractivity contribution in [1.82, 2.24) is 5.32 Å². The smallest absolute Gasteiger partial charge is 0.313 e. The number of carbonyl (C=O) groups is 2. The van der Waals surface area contributed by atoms with Crippen LogP contribution in [-0.4, -0.2) is 29.6 Å². The molecule has 18 heavy (non-hydrogen) atoms. The SMILES string of the molecule is C[C@H](O)CNC(=O)C(=O)Nc1ccc(F)c(Cl)c1. The number of hydrogen-bond acceptors (Lipinski definition) is 3. The van der Waals surface area contributed by atoms with E-state index >= 15 is 0 Å². The van der Waals surface area contributed by atoms with Gasteiger partial charge in [0.15, 0.2) is 0 Å². The third kappa shape index (κ3) is 4.31. The molecule has 98 valence electrons. The van der Waals surface area contributed by atoms with Gasteiger partial charge in [-0.3, -0.25) is 9.59 Å². The number of hydrogen-bond donors (Lipinski definition) is 3. The van der Waals surface area contributed by atoms with Crippen molar-refractivity contribution in [2.24, 2.45) is 0 Å². The summed E-state index contributed by atoms with van der Waals surface area (Å²) in [5.41, 5.74) is 0.207. The van der Waals surface area contributed by atoms with Crippen LogP contribution < -0.4 is 10.6 Å². The van der Waals surface area contributed by atoms with E-state index in [-0.39, 0.29) is 17.3 Å².